The van der Waals surface area contributed by atoms with E-state index in [0.717, 1.165) is 37.8 Å². The fourth-order valence-electron chi connectivity index (χ4n) is 3.06. The van der Waals surface area contributed by atoms with E-state index in [1.807, 2.05) is 11.8 Å². The van der Waals surface area contributed by atoms with E-state index in [4.69, 9.17) is 0 Å². The van der Waals surface area contributed by atoms with Crippen LogP contribution in [0.25, 0.3) is 0 Å². The number of nitrogens with zero attached hydrogens (tertiary/aromatic N) is 4. The molecular formula is C15H25N5S. The molecule has 2 aliphatic rings. The van der Waals surface area contributed by atoms with Gasteiger partial charge in [-0.25, -0.2) is 9.97 Å². The summed E-state index contributed by atoms with van der Waals surface area (Å²) in [6, 6.07) is 2.62. The molecule has 0 spiro atoms. The van der Waals surface area contributed by atoms with Crippen LogP contribution in [-0.4, -0.2) is 65.1 Å². The number of likely N-dealkylation sites (N-methyl/N-ethyl adjacent to an activating group) is 1. The van der Waals surface area contributed by atoms with Crippen LogP contribution in [-0.2, 0) is 0 Å². The molecule has 1 aromatic heterocycles. The first-order valence-electron chi connectivity index (χ1n) is 7.99. The lowest BCUT2D eigenvalue weighted by Crippen LogP contribution is -2.42. The molecule has 1 atom stereocenters. The number of thioether (sulfide) groups is 1. The van der Waals surface area contributed by atoms with Gasteiger partial charge in [-0.05, 0) is 25.9 Å². The minimum absolute atomic E-state index is 0.512. The van der Waals surface area contributed by atoms with Crippen LogP contribution in [0.4, 0.5) is 11.6 Å². The fraction of sp³-hybridized carbons (Fsp3) is 0.733. The Morgan fingerprint density at radius 2 is 2.14 bits per heavy atom. The zero-order valence-electron chi connectivity index (χ0n) is 12.8. The molecule has 116 valence electrons. The van der Waals surface area contributed by atoms with E-state index in [-0.39, 0.29) is 0 Å². The van der Waals surface area contributed by atoms with Crippen LogP contribution >= 0.6 is 11.8 Å². The van der Waals surface area contributed by atoms with Crippen LogP contribution in [0.15, 0.2) is 12.4 Å². The molecule has 0 radical (unpaired) electrons. The van der Waals surface area contributed by atoms with Crippen molar-refractivity contribution in [2.75, 3.05) is 54.4 Å². The molecule has 0 aliphatic carbocycles. The van der Waals surface area contributed by atoms with Gasteiger partial charge < -0.3 is 15.1 Å². The molecule has 1 aromatic rings. The summed E-state index contributed by atoms with van der Waals surface area (Å²) in [5.41, 5.74) is 0. The predicted molar refractivity (Wildman–Crippen MR) is 90.3 cm³/mol. The maximum absolute atomic E-state index is 4.44. The van der Waals surface area contributed by atoms with Crippen molar-refractivity contribution in [1.82, 2.24) is 14.9 Å². The minimum atomic E-state index is 0.512. The second-order valence-corrected chi connectivity index (χ2v) is 6.96. The van der Waals surface area contributed by atoms with Crippen LogP contribution in [0.2, 0.25) is 0 Å². The molecule has 5 nitrogen and oxygen atoms in total. The molecule has 0 saturated carbocycles. The molecule has 3 heterocycles. The number of hydrogen-bond donors (Lipinski definition) is 1. The number of likely N-dealkylation sites (tertiary alicyclic amines) is 1. The molecular weight excluding hydrogens is 282 g/mol. The Hall–Kier alpha value is -1.01. The van der Waals surface area contributed by atoms with Crippen LogP contribution in [0, 0.1) is 0 Å². The summed E-state index contributed by atoms with van der Waals surface area (Å²) in [5, 5.41) is 3.60. The quantitative estimate of drug-likeness (QED) is 0.917. The highest BCUT2D eigenvalue weighted by Crippen LogP contribution is 2.20. The first-order chi connectivity index (χ1) is 10.3. The zero-order valence-corrected chi connectivity index (χ0v) is 13.6. The van der Waals surface area contributed by atoms with Crippen molar-refractivity contribution in [3.63, 3.8) is 0 Å². The summed E-state index contributed by atoms with van der Waals surface area (Å²) in [4.78, 5) is 13.7. The molecule has 1 unspecified atom stereocenters. The second-order valence-electron chi connectivity index (χ2n) is 5.74. The Morgan fingerprint density at radius 1 is 1.29 bits per heavy atom. The minimum Gasteiger partial charge on any atom is -0.366 e. The molecule has 2 aliphatic heterocycles. The average Bonchev–Trinajstić information content (AvgIpc) is 2.56. The largest absolute Gasteiger partial charge is 0.366 e. The topological polar surface area (TPSA) is 44.3 Å². The summed E-state index contributed by atoms with van der Waals surface area (Å²) in [7, 11) is 0. The van der Waals surface area contributed by atoms with E-state index in [9.17, 15) is 0 Å². The smallest absolute Gasteiger partial charge is 0.134 e. The lowest BCUT2D eigenvalue weighted by molar-refractivity contribution is 0.226. The summed E-state index contributed by atoms with van der Waals surface area (Å²) < 4.78 is 0. The molecule has 2 fully saturated rings. The highest BCUT2D eigenvalue weighted by atomic mass is 32.2. The Morgan fingerprint density at radius 3 is 2.95 bits per heavy atom. The molecule has 21 heavy (non-hydrogen) atoms. The molecule has 6 heteroatoms. The monoisotopic (exact) mass is 307 g/mol. The van der Waals surface area contributed by atoms with Crippen LogP contribution in [0.1, 0.15) is 19.8 Å². The van der Waals surface area contributed by atoms with Crippen LogP contribution in [0.5, 0.6) is 0 Å². The number of anilines is 2. The third-order valence-corrected chi connectivity index (χ3v) is 5.23. The van der Waals surface area contributed by atoms with Crippen molar-refractivity contribution in [1.29, 1.82) is 0 Å². The van der Waals surface area contributed by atoms with Crippen LogP contribution < -0.4 is 10.2 Å². The summed E-state index contributed by atoms with van der Waals surface area (Å²) in [6.45, 7) is 7.91. The van der Waals surface area contributed by atoms with Gasteiger partial charge in [0.05, 0.1) is 0 Å². The average molecular weight is 307 g/mol. The SMILES string of the molecule is CCN1CCCC(Nc2cc(N3CCSCC3)ncn2)C1. The summed E-state index contributed by atoms with van der Waals surface area (Å²) in [6.07, 6.45) is 4.20. The number of nitrogens with one attached hydrogen (secondary N) is 1. The lowest BCUT2D eigenvalue weighted by Gasteiger charge is -2.33. The van der Waals surface area contributed by atoms with E-state index in [1.165, 1.54) is 30.9 Å². The normalized spacial score (nSPS) is 24.0. The van der Waals surface area contributed by atoms with Crippen molar-refractivity contribution in [2.45, 2.75) is 25.8 Å². The van der Waals surface area contributed by atoms with Crippen LogP contribution in [0.3, 0.4) is 0 Å². The van der Waals surface area contributed by atoms with Gasteiger partial charge in [-0.1, -0.05) is 6.92 Å². The number of rotatable bonds is 4. The van der Waals surface area contributed by atoms with E-state index < -0.39 is 0 Å². The van der Waals surface area contributed by atoms with E-state index >= 15 is 0 Å². The first-order valence-corrected chi connectivity index (χ1v) is 9.14. The maximum Gasteiger partial charge on any atom is 0.134 e. The van der Waals surface area contributed by atoms with Gasteiger partial charge in [-0.15, -0.1) is 0 Å². The van der Waals surface area contributed by atoms with Crippen molar-refractivity contribution < 1.29 is 0 Å². The Balaban J connectivity index is 1.62. The van der Waals surface area contributed by atoms with Crippen molar-refractivity contribution in [3.05, 3.63) is 12.4 Å². The van der Waals surface area contributed by atoms with E-state index in [2.05, 4.69) is 38.1 Å². The van der Waals surface area contributed by atoms with Gasteiger partial charge in [0.2, 0.25) is 0 Å². The Kier molecular flexibility index (Phi) is 5.19. The summed E-state index contributed by atoms with van der Waals surface area (Å²) >= 11 is 2.02. The zero-order chi connectivity index (χ0) is 14.5. The first kappa shape index (κ1) is 14.9. The third kappa shape index (κ3) is 4.01. The van der Waals surface area contributed by atoms with Gasteiger partial charge in [0, 0.05) is 43.2 Å². The summed E-state index contributed by atoms with van der Waals surface area (Å²) in [5.74, 6) is 4.43. The standard InChI is InChI=1S/C15H25N5S/c1-2-19-5-3-4-13(11-19)18-14-10-15(17-12-16-14)20-6-8-21-9-7-20/h10,12-13H,2-9,11H2,1H3,(H,16,17,18). The van der Waals surface area contributed by atoms with Gasteiger partial charge in [-0.3, -0.25) is 0 Å². The number of hydrogen-bond acceptors (Lipinski definition) is 6. The maximum atomic E-state index is 4.44. The van der Waals surface area contributed by atoms with Gasteiger partial charge in [0.1, 0.15) is 18.0 Å². The van der Waals surface area contributed by atoms with Crippen molar-refractivity contribution in [3.8, 4) is 0 Å². The van der Waals surface area contributed by atoms with Gasteiger partial charge in [0.25, 0.3) is 0 Å². The molecule has 0 bridgehead atoms. The van der Waals surface area contributed by atoms with E-state index in [1.54, 1.807) is 6.33 Å². The molecule has 2 saturated heterocycles. The molecule has 0 amide bonds. The van der Waals surface area contributed by atoms with Gasteiger partial charge in [0.15, 0.2) is 0 Å². The van der Waals surface area contributed by atoms with E-state index in [0.29, 0.717) is 6.04 Å². The highest BCUT2D eigenvalue weighted by Gasteiger charge is 2.19. The van der Waals surface area contributed by atoms with Crippen molar-refractivity contribution >= 4 is 23.4 Å². The molecule has 3 rings (SSSR count). The lowest BCUT2D eigenvalue weighted by atomic mass is 10.1. The molecule has 0 aromatic carbocycles. The molecule has 1 N–H and O–H groups in total. The Labute approximate surface area is 131 Å². The number of aromatic nitrogens is 2. The third-order valence-electron chi connectivity index (χ3n) is 4.29. The predicted octanol–water partition coefficient (Wildman–Crippen LogP) is 1.93. The second kappa shape index (κ2) is 7.31. The fourth-order valence-corrected chi connectivity index (χ4v) is 3.96. The van der Waals surface area contributed by atoms with Gasteiger partial charge >= 0.3 is 0 Å². The van der Waals surface area contributed by atoms with Crippen molar-refractivity contribution in [2.24, 2.45) is 0 Å². The highest BCUT2D eigenvalue weighted by molar-refractivity contribution is 7.99. The van der Waals surface area contributed by atoms with Gasteiger partial charge in [-0.2, -0.15) is 11.8 Å². The Bertz CT molecular complexity index is 449. The number of piperidine rings is 1.